The van der Waals surface area contributed by atoms with Crippen molar-refractivity contribution in [2.45, 2.75) is 146 Å². The minimum atomic E-state index is 0.519. The van der Waals surface area contributed by atoms with Crippen LogP contribution in [0.3, 0.4) is 0 Å². The summed E-state index contributed by atoms with van der Waals surface area (Å²) >= 11 is 0. The fourth-order valence-corrected chi connectivity index (χ4v) is 5.90. The number of rotatable bonds is 3. The van der Waals surface area contributed by atoms with Gasteiger partial charge >= 0.3 is 0 Å². The zero-order valence-corrected chi connectivity index (χ0v) is 26.9. The first kappa shape index (κ1) is 35.5. The maximum absolute atomic E-state index is 5.09. The summed E-state index contributed by atoms with van der Waals surface area (Å²) in [6.45, 7) is 25.4. The van der Waals surface area contributed by atoms with Gasteiger partial charge in [-0.3, -0.25) is 0 Å². The lowest BCUT2D eigenvalue weighted by Crippen LogP contribution is -2.15. The molecule has 0 spiro atoms. The van der Waals surface area contributed by atoms with Gasteiger partial charge in [0, 0.05) is 5.92 Å². The van der Waals surface area contributed by atoms with Gasteiger partial charge in [0.05, 0.1) is 6.26 Å². The van der Waals surface area contributed by atoms with Crippen LogP contribution in [0.1, 0.15) is 163 Å². The molecule has 3 fully saturated rings. The lowest BCUT2D eigenvalue weighted by Gasteiger charge is -2.23. The van der Waals surface area contributed by atoms with Crippen molar-refractivity contribution in [1.82, 2.24) is 0 Å². The fourth-order valence-electron chi connectivity index (χ4n) is 5.90. The van der Waals surface area contributed by atoms with Crippen molar-refractivity contribution < 1.29 is 4.42 Å². The number of hydrogen-bond acceptors (Lipinski definition) is 1. The molecule has 2 bridgehead atoms. The Hall–Kier alpha value is -1.50. The Morgan fingerprint density at radius 3 is 1.32 bits per heavy atom. The Bertz CT molecular complexity index is 694. The van der Waals surface area contributed by atoms with Gasteiger partial charge < -0.3 is 4.42 Å². The molecule has 1 aromatic heterocycles. The van der Waals surface area contributed by atoms with Crippen LogP contribution in [0.4, 0.5) is 0 Å². The summed E-state index contributed by atoms with van der Waals surface area (Å²) in [7, 11) is 0. The molecule has 0 amide bonds. The van der Waals surface area contributed by atoms with Crippen LogP contribution in [-0.2, 0) is 0 Å². The van der Waals surface area contributed by atoms with Crippen LogP contribution >= 0.6 is 0 Å². The quantitative estimate of drug-likeness (QED) is 0.398. The lowest BCUT2D eigenvalue weighted by molar-refractivity contribution is 0.259. The monoisotopic (exact) mass is 512 g/mol. The van der Waals surface area contributed by atoms with Gasteiger partial charge in [-0.25, -0.2) is 0 Å². The minimum absolute atomic E-state index is 0.519. The predicted octanol–water partition coefficient (Wildman–Crippen LogP) is 12.6. The van der Waals surface area contributed by atoms with E-state index in [0.29, 0.717) is 17.8 Å². The summed E-state index contributed by atoms with van der Waals surface area (Å²) in [6.07, 6.45) is 12.5. The SMILES string of the molecule is C1CC2C3CCC(C3)C2C1.CC.CC.CC(C)c1ccc(C(C)C)cc1.CC(C)c1ccco1.CCC. The Morgan fingerprint density at radius 2 is 1.05 bits per heavy atom. The van der Waals surface area contributed by atoms with Crippen molar-refractivity contribution in [2.24, 2.45) is 23.7 Å². The van der Waals surface area contributed by atoms with Gasteiger partial charge in [0.15, 0.2) is 0 Å². The van der Waals surface area contributed by atoms with E-state index in [9.17, 15) is 0 Å². The third-order valence-corrected chi connectivity index (χ3v) is 7.73. The van der Waals surface area contributed by atoms with Crippen LogP contribution < -0.4 is 0 Å². The highest BCUT2D eigenvalue weighted by Gasteiger charge is 2.48. The second-order valence-electron chi connectivity index (χ2n) is 11.4. The maximum atomic E-state index is 5.09. The highest BCUT2D eigenvalue weighted by atomic mass is 16.3. The fraction of sp³-hybridized carbons (Fsp3) is 0.722. The average Bonchev–Trinajstić information content (AvgIpc) is 3.71. The molecule has 3 aliphatic rings. The summed E-state index contributed by atoms with van der Waals surface area (Å²) in [5, 5.41) is 0. The molecular formula is C36H64O. The van der Waals surface area contributed by atoms with Gasteiger partial charge in [0.1, 0.15) is 5.76 Å². The largest absolute Gasteiger partial charge is 0.469 e. The normalized spacial score (nSPS) is 22.2. The summed E-state index contributed by atoms with van der Waals surface area (Å²) in [6, 6.07) is 12.8. The Morgan fingerprint density at radius 1 is 0.649 bits per heavy atom. The summed E-state index contributed by atoms with van der Waals surface area (Å²) in [4.78, 5) is 0. The first-order valence-corrected chi connectivity index (χ1v) is 15.9. The Balaban J connectivity index is 0.000000474. The topological polar surface area (TPSA) is 13.1 Å². The van der Waals surface area contributed by atoms with Crippen molar-refractivity contribution in [3.63, 3.8) is 0 Å². The Kier molecular flexibility index (Phi) is 19.6. The maximum Gasteiger partial charge on any atom is 0.106 e. The van der Waals surface area contributed by atoms with Crippen LogP contribution in [0.2, 0.25) is 0 Å². The number of furan rings is 1. The molecule has 4 unspecified atom stereocenters. The second kappa shape index (κ2) is 20.5. The van der Waals surface area contributed by atoms with Gasteiger partial charge in [-0.2, -0.15) is 0 Å². The van der Waals surface area contributed by atoms with Crippen LogP contribution in [0, 0.1) is 23.7 Å². The predicted molar refractivity (Wildman–Crippen MR) is 168 cm³/mol. The van der Waals surface area contributed by atoms with Crippen molar-refractivity contribution in [3.8, 4) is 0 Å². The molecule has 214 valence electrons. The summed E-state index contributed by atoms with van der Waals surface area (Å²) < 4.78 is 5.09. The summed E-state index contributed by atoms with van der Waals surface area (Å²) in [5.74, 6) is 7.67. The van der Waals surface area contributed by atoms with E-state index >= 15 is 0 Å². The summed E-state index contributed by atoms with van der Waals surface area (Å²) in [5.41, 5.74) is 2.86. The molecule has 5 rings (SSSR count). The van der Waals surface area contributed by atoms with Gasteiger partial charge in [-0.15, -0.1) is 0 Å². The van der Waals surface area contributed by atoms with Crippen molar-refractivity contribution in [3.05, 3.63) is 59.5 Å². The third-order valence-electron chi connectivity index (χ3n) is 7.73. The van der Waals surface area contributed by atoms with Crippen LogP contribution in [0.5, 0.6) is 0 Å². The molecule has 0 N–H and O–H groups in total. The average molecular weight is 513 g/mol. The van der Waals surface area contributed by atoms with Crippen LogP contribution in [-0.4, -0.2) is 0 Å². The van der Waals surface area contributed by atoms with E-state index < -0.39 is 0 Å². The highest BCUT2D eigenvalue weighted by Crippen LogP contribution is 2.58. The van der Waals surface area contributed by atoms with E-state index in [-0.39, 0.29) is 0 Å². The lowest BCUT2D eigenvalue weighted by atomic mass is 9.82. The molecule has 3 aliphatic carbocycles. The molecule has 1 nitrogen and oxygen atoms in total. The molecule has 1 heteroatoms. The molecule has 3 saturated carbocycles. The number of hydrogen-bond donors (Lipinski definition) is 0. The first-order chi connectivity index (χ1) is 17.8. The zero-order chi connectivity index (χ0) is 28.4. The molecule has 0 saturated heterocycles. The first-order valence-electron chi connectivity index (χ1n) is 15.9. The second-order valence-corrected chi connectivity index (χ2v) is 11.4. The van der Waals surface area contributed by atoms with Gasteiger partial charge in [0.2, 0.25) is 0 Å². The van der Waals surface area contributed by atoms with E-state index in [1.54, 1.807) is 44.8 Å². The van der Waals surface area contributed by atoms with E-state index in [1.165, 1.54) is 41.2 Å². The van der Waals surface area contributed by atoms with E-state index in [1.807, 2.05) is 39.8 Å². The molecule has 2 aromatic rings. The molecule has 1 aromatic carbocycles. The van der Waals surface area contributed by atoms with Gasteiger partial charge in [-0.1, -0.05) is 120 Å². The third kappa shape index (κ3) is 12.3. The van der Waals surface area contributed by atoms with Crippen molar-refractivity contribution >= 4 is 0 Å². The molecule has 0 aliphatic heterocycles. The number of fused-ring (bicyclic) bond motifs is 5. The number of benzene rings is 1. The van der Waals surface area contributed by atoms with Gasteiger partial charge in [0.25, 0.3) is 0 Å². The standard InChI is InChI=1S/C12H18.C10H16.C7H10O.C3H8.2C2H6/c1-9(2)11-5-7-12(8-6-11)10(3)4;1-2-9-7-4-5-8(6-7)10(9)3-1;1-6(2)7-4-3-5-8-7;1-3-2;2*1-2/h5-10H,1-4H3;7-10H,1-6H2;3-6H,1-2H3;3H2,1-2H3;2*1-2H3. The Labute approximate surface area is 233 Å². The minimum Gasteiger partial charge on any atom is -0.469 e. The van der Waals surface area contributed by atoms with Gasteiger partial charge in [-0.05, 0) is 90.9 Å². The zero-order valence-electron chi connectivity index (χ0n) is 26.9. The van der Waals surface area contributed by atoms with Crippen molar-refractivity contribution in [1.29, 1.82) is 0 Å². The van der Waals surface area contributed by atoms with E-state index in [4.69, 9.17) is 4.42 Å². The van der Waals surface area contributed by atoms with Crippen LogP contribution in [0.25, 0.3) is 0 Å². The highest BCUT2D eigenvalue weighted by molar-refractivity contribution is 5.26. The van der Waals surface area contributed by atoms with Crippen molar-refractivity contribution in [2.75, 3.05) is 0 Å². The van der Waals surface area contributed by atoms with E-state index in [0.717, 1.165) is 5.76 Å². The molecule has 37 heavy (non-hydrogen) atoms. The molecule has 1 heterocycles. The molecular weight excluding hydrogens is 448 g/mol. The smallest absolute Gasteiger partial charge is 0.106 e. The van der Waals surface area contributed by atoms with E-state index in [2.05, 4.69) is 79.7 Å². The van der Waals surface area contributed by atoms with Crippen LogP contribution in [0.15, 0.2) is 47.1 Å². The molecule has 4 atom stereocenters. The molecule has 0 radical (unpaired) electrons.